The Morgan fingerprint density at radius 2 is 1.75 bits per heavy atom. The van der Waals surface area contributed by atoms with Gasteiger partial charge in [0.2, 0.25) is 0 Å². The van der Waals surface area contributed by atoms with Crippen molar-refractivity contribution in [3.8, 4) is 0 Å². The molecule has 0 spiro atoms. The Labute approximate surface area is 149 Å². The van der Waals surface area contributed by atoms with Crippen molar-refractivity contribution >= 4 is 33.2 Å². The summed E-state index contributed by atoms with van der Waals surface area (Å²) >= 11 is 3.37. The third-order valence-electron chi connectivity index (χ3n) is 3.58. The summed E-state index contributed by atoms with van der Waals surface area (Å²) in [5.41, 5.74) is 1.84. The first-order chi connectivity index (χ1) is 11.3. The molecule has 0 atom stereocenters. The molecular formula is C17H18BrN3O3. The second-order valence-corrected chi connectivity index (χ2v) is 6.56. The van der Waals surface area contributed by atoms with E-state index in [0.29, 0.717) is 17.8 Å². The first-order valence-corrected chi connectivity index (χ1v) is 8.04. The molecule has 0 aromatic heterocycles. The van der Waals surface area contributed by atoms with E-state index in [0.717, 1.165) is 10.0 Å². The van der Waals surface area contributed by atoms with Gasteiger partial charge in [-0.15, -0.1) is 0 Å². The quantitative estimate of drug-likeness (QED) is 0.575. The number of nitro groups is 1. The number of anilines is 1. The second kappa shape index (κ2) is 7.44. The van der Waals surface area contributed by atoms with E-state index in [4.69, 9.17) is 0 Å². The van der Waals surface area contributed by atoms with Crippen LogP contribution in [-0.2, 0) is 6.54 Å². The lowest BCUT2D eigenvalue weighted by Gasteiger charge is -2.22. The number of benzene rings is 2. The van der Waals surface area contributed by atoms with Crippen molar-refractivity contribution in [1.29, 1.82) is 0 Å². The second-order valence-electron chi connectivity index (χ2n) is 5.64. The summed E-state index contributed by atoms with van der Waals surface area (Å²) in [6, 6.07) is 12.0. The summed E-state index contributed by atoms with van der Waals surface area (Å²) in [4.78, 5) is 26.6. The third-order valence-corrected chi connectivity index (χ3v) is 4.11. The highest BCUT2D eigenvalue weighted by atomic mass is 79.9. The fourth-order valence-corrected chi connectivity index (χ4v) is 2.60. The summed E-state index contributed by atoms with van der Waals surface area (Å²) < 4.78 is 0.966. The van der Waals surface area contributed by atoms with E-state index < -0.39 is 4.92 Å². The van der Waals surface area contributed by atoms with Crippen molar-refractivity contribution in [2.24, 2.45) is 0 Å². The summed E-state index contributed by atoms with van der Waals surface area (Å²) in [6.45, 7) is 0.418. The minimum atomic E-state index is -0.495. The van der Waals surface area contributed by atoms with Crippen LogP contribution in [0.2, 0.25) is 0 Å². The highest BCUT2D eigenvalue weighted by molar-refractivity contribution is 9.10. The molecule has 0 aliphatic carbocycles. The minimum Gasteiger partial charge on any atom is -0.377 e. The van der Waals surface area contributed by atoms with Gasteiger partial charge in [0.25, 0.3) is 11.6 Å². The van der Waals surface area contributed by atoms with Crippen LogP contribution in [0.3, 0.4) is 0 Å². The number of hydrogen-bond donors (Lipinski definition) is 0. The van der Waals surface area contributed by atoms with E-state index in [-0.39, 0.29) is 11.6 Å². The van der Waals surface area contributed by atoms with Crippen LogP contribution in [0.1, 0.15) is 15.9 Å². The Morgan fingerprint density at radius 3 is 2.29 bits per heavy atom. The molecule has 0 saturated carbocycles. The zero-order valence-corrected chi connectivity index (χ0v) is 15.3. The van der Waals surface area contributed by atoms with Gasteiger partial charge in [-0.25, -0.2) is 0 Å². The summed E-state index contributed by atoms with van der Waals surface area (Å²) in [5, 5.41) is 11.0. The number of carbonyl (C=O) groups is 1. The standard InChI is InChI=1S/C17H18BrN3O3/c1-19(2)16-9-8-14(21(23)24)10-15(16)17(22)20(3)11-12-4-6-13(18)7-5-12/h4-10H,11H2,1-3H3. The Balaban J connectivity index is 2.31. The van der Waals surface area contributed by atoms with Crippen LogP contribution in [0, 0.1) is 10.1 Å². The smallest absolute Gasteiger partial charge is 0.270 e. The molecule has 0 aliphatic rings. The molecule has 2 rings (SSSR count). The molecule has 0 heterocycles. The van der Waals surface area contributed by atoms with Gasteiger partial charge in [0.05, 0.1) is 10.5 Å². The van der Waals surface area contributed by atoms with Crippen molar-refractivity contribution in [2.45, 2.75) is 6.54 Å². The molecule has 0 radical (unpaired) electrons. The number of nitrogens with zero attached hydrogens (tertiary/aromatic N) is 3. The van der Waals surface area contributed by atoms with Gasteiger partial charge in [-0.3, -0.25) is 14.9 Å². The molecule has 0 fully saturated rings. The third kappa shape index (κ3) is 4.11. The van der Waals surface area contributed by atoms with Crippen LogP contribution < -0.4 is 4.90 Å². The first kappa shape index (κ1) is 17.9. The largest absolute Gasteiger partial charge is 0.377 e. The lowest BCUT2D eigenvalue weighted by Crippen LogP contribution is -2.28. The van der Waals surface area contributed by atoms with Crippen molar-refractivity contribution in [3.63, 3.8) is 0 Å². The molecule has 7 heteroatoms. The van der Waals surface area contributed by atoms with E-state index in [1.165, 1.54) is 12.1 Å². The van der Waals surface area contributed by atoms with Gasteiger partial charge < -0.3 is 9.80 Å². The topological polar surface area (TPSA) is 66.7 Å². The predicted octanol–water partition coefficient (Wildman–Crippen LogP) is 3.70. The van der Waals surface area contributed by atoms with Crippen LogP contribution in [0.4, 0.5) is 11.4 Å². The number of hydrogen-bond acceptors (Lipinski definition) is 4. The predicted molar refractivity (Wildman–Crippen MR) is 97.4 cm³/mol. The lowest BCUT2D eigenvalue weighted by molar-refractivity contribution is -0.384. The van der Waals surface area contributed by atoms with E-state index in [1.54, 1.807) is 37.0 Å². The fourth-order valence-electron chi connectivity index (χ4n) is 2.34. The van der Waals surface area contributed by atoms with Crippen LogP contribution in [0.25, 0.3) is 0 Å². The van der Waals surface area contributed by atoms with Gasteiger partial charge in [-0.2, -0.15) is 0 Å². The normalized spacial score (nSPS) is 10.3. The van der Waals surface area contributed by atoms with E-state index in [9.17, 15) is 14.9 Å². The summed E-state index contributed by atoms with van der Waals surface area (Å²) in [5.74, 6) is -0.259. The Bertz CT molecular complexity index is 760. The van der Waals surface area contributed by atoms with Crippen LogP contribution in [0.5, 0.6) is 0 Å². The number of halogens is 1. The van der Waals surface area contributed by atoms with Gasteiger partial charge in [0.15, 0.2) is 0 Å². The monoisotopic (exact) mass is 391 g/mol. The molecule has 0 bridgehead atoms. The maximum Gasteiger partial charge on any atom is 0.270 e. The number of nitro benzene ring substituents is 1. The van der Waals surface area contributed by atoms with Crippen molar-refractivity contribution in [2.75, 3.05) is 26.0 Å². The van der Waals surface area contributed by atoms with Crippen LogP contribution in [0.15, 0.2) is 46.9 Å². The summed E-state index contributed by atoms with van der Waals surface area (Å²) in [7, 11) is 5.28. The summed E-state index contributed by atoms with van der Waals surface area (Å²) in [6.07, 6.45) is 0. The maximum atomic E-state index is 12.8. The maximum absolute atomic E-state index is 12.8. The van der Waals surface area contributed by atoms with Gasteiger partial charge in [0, 0.05) is 50.0 Å². The van der Waals surface area contributed by atoms with E-state index in [2.05, 4.69) is 15.9 Å². The molecule has 0 aliphatic heterocycles. The van der Waals surface area contributed by atoms with Crippen LogP contribution in [-0.4, -0.2) is 36.9 Å². The highest BCUT2D eigenvalue weighted by Gasteiger charge is 2.21. The van der Waals surface area contributed by atoms with Crippen molar-refractivity contribution in [1.82, 2.24) is 4.90 Å². The average Bonchev–Trinajstić information content (AvgIpc) is 2.55. The number of amides is 1. The number of rotatable bonds is 5. The number of non-ortho nitro benzene ring substituents is 1. The Hall–Kier alpha value is -2.41. The average molecular weight is 392 g/mol. The van der Waals surface area contributed by atoms with E-state index >= 15 is 0 Å². The molecule has 24 heavy (non-hydrogen) atoms. The van der Waals surface area contributed by atoms with Gasteiger partial charge in [-0.1, -0.05) is 28.1 Å². The first-order valence-electron chi connectivity index (χ1n) is 7.25. The fraction of sp³-hybridized carbons (Fsp3) is 0.235. The van der Waals surface area contributed by atoms with Gasteiger partial charge in [-0.05, 0) is 23.8 Å². The number of carbonyl (C=O) groups excluding carboxylic acids is 1. The zero-order valence-electron chi connectivity index (χ0n) is 13.7. The highest BCUT2D eigenvalue weighted by Crippen LogP contribution is 2.25. The Kier molecular flexibility index (Phi) is 5.56. The molecule has 0 unspecified atom stereocenters. The SMILES string of the molecule is CN(Cc1ccc(Br)cc1)C(=O)c1cc([N+](=O)[O-])ccc1N(C)C. The van der Waals surface area contributed by atoms with Gasteiger partial charge in [0.1, 0.15) is 0 Å². The molecule has 126 valence electrons. The molecule has 2 aromatic carbocycles. The molecular weight excluding hydrogens is 374 g/mol. The molecule has 1 amide bonds. The Morgan fingerprint density at radius 1 is 1.12 bits per heavy atom. The van der Waals surface area contributed by atoms with E-state index in [1.807, 2.05) is 24.3 Å². The van der Waals surface area contributed by atoms with Crippen LogP contribution >= 0.6 is 15.9 Å². The zero-order chi connectivity index (χ0) is 17.9. The molecule has 2 aromatic rings. The van der Waals surface area contributed by atoms with Crippen molar-refractivity contribution < 1.29 is 9.72 Å². The molecule has 6 nitrogen and oxygen atoms in total. The molecule has 0 N–H and O–H groups in total. The van der Waals surface area contributed by atoms with Gasteiger partial charge >= 0.3 is 0 Å². The minimum absolute atomic E-state index is 0.0963. The lowest BCUT2D eigenvalue weighted by atomic mass is 10.1. The molecule has 0 saturated heterocycles. The van der Waals surface area contributed by atoms with Crippen molar-refractivity contribution in [3.05, 3.63) is 68.2 Å².